The van der Waals surface area contributed by atoms with Crippen LogP contribution >= 0.6 is 0 Å². The monoisotopic (exact) mass is 276 g/mol. The van der Waals surface area contributed by atoms with Gasteiger partial charge in [0.15, 0.2) is 0 Å². The van der Waals surface area contributed by atoms with Crippen molar-refractivity contribution in [3.63, 3.8) is 0 Å². The van der Waals surface area contributed by atoms with Gasteiger partial charge in [0.1, 0.15) is 17.5 Å². The highest BCUT2D eigenvalue weighted by molar-refractivity contribution is 5.94. The zero-order chi connectivity index (χ0) is 14.7. The van der Waals surface area contributed by atoms with Gasteiger partial charge in [0, 0.05) is 12.7 Å². The van der Waals surface area contributed by atoms with Crippen LogP contribution < -0.4 is 11.1 Å². The summed E-state index contributed by atoms with van der Waals surface area (Å²) >= 11 is 0. The van der Waals surface area contributed by atoms with E-state index in [1.54, 1.807) is 18.5 Å². The summed E-state index contributed by atoms with van der Waals surface area (Å²) in [4.78, 5) is 16.4. The Bertz CT molecular complexity index is 600. The van der Waals surface area contributed by atoms with Crippen molar-refractivity contribution >= 4 is 11.6 Å². The number of nitrogens with zero attached hydrogens (tertiary/aromatic N) is 2. The summed E-state index contributed by atoms with van der Waals surface area (Å²) in [5, 5.41) is 2.87. The molecule has 0 aliphatic heterocycles. The van der Waals surface area contributed by atoms with Gasteiger partial charge in [-0.1, -0.05) is 6.92 Å². The molecule has 3 N–H and O–H groups in total. The number of hydrogen-bond donors (Lipinski definition) is 2. The van der Waals surface area contributed by atoms with Crippen molar-refractivity contribution in [2.24, 2.45) is 0 Å². The van der Waals surface area contributed by atoms with Crippen LogP contribution in [0, 0.1) is 6.92 Å². The van der Waals surface area contributed by atoms with Gasteiger partial charge in [-0.3, -0.25) is 4.79 Å². The lowest BCUT2D eigenvalue weighted by molar-refractivity contribution is 0.0924. The first-order valence-corrected chi connectivity index (χ1v) is 6.70. The summed E-state index contributed by atoms with van der Waals surface area (Å²) in [5.74, 6) is 1.04. The predicted octanol–water partition coefficient (Wildman–Crippen LogP) is 2.27. The van der Waals surface area contributed by atoms with E-state index in [9.17, 15) is 4.79 Å². The molecule has 0 aromatic carbocycles. The van der Waals surface area contributed by atoms with E-state index in [1.807, 2.05) is 18.4 Å². The lowest BCUT2D eigenvalue weighted by Gasteiger charge is -2.12. The van der Waals surface area contributed by atoms with Gasteiger partial charge in [-0.15, -0.1) is 0 Å². The number of carbonyl (C=O) groups is 1. The van der Waals surface area contributed by atoms with Crippen LogP contribution in [0.3, 0.4) is 0 Å². The zero-order valence-electron chi connectivity index (χ0n) is 12.0. The molecule has 2 aromatic rings. The molecule has 1 unspecified atom stereocenters. The molecule has 0 bridgehead atoms. The lowest BCUT2D eigenvalue weighted by Crippen LogP contribution is -2.28. The van der Waals surface area contributed by atoms with Gasteiger partial charge in [0.2, 0.25) is 5.89 Å². The van der Waals surface area contributed by atoms with E-state index in [4.69, 9.17) is 10.2 Å². The second-order valence-corrected chi connectivity index (χ2v) is 4.86. The molecule has 0 aliphatic carbocycles. The van der Waals surface area contributed by atoms with Crippen molar-refractivity contribution in [1.29, 1.82) is 0 Å². The predicted molar refractivity (Wildman–Crippen MR) is 76.3 cm³/mol. The van der Waals surface area contributed by atoms with Gasteiger partial charge in [0.05, 0.1) is 11.9 Å². The number of rotatable bonds is 5. The number of carbonyl (C=O) groups excluding carboxylic acids is 1. The number of oxazole rings is 1. The van der Waals surface area contributed by atoms with E-state index in [2.05, 4.69) is 17.2 Å². The molecule has 2 rings (SSSR count). The fourth-order valence-corrected chi connectivity index (χ4v) is 2.05. The number of nitrogens with one attached hydrogen (secondary N) is 1. The molecule has 0 spiro atoms. The summed E-state index contributed by atoms with van der Waals surface area (Å²) < 4.78 is 7.27. The summed E-state index contributed by atoms with van der Waals surface area (Å²) in [6.45, 7) is 6.46. The number of aromatic nitrogens is 2. The Kier molecular flexibility index (Phi) is 4.12. The average molecular weight is 276 g/mol. The van der Waals surface area contributed by atoms with Crippen LogP contribution in [-0.4, -0.2) is 15.5 Å². The molecule has 0 radical (unpaired) electrons. The maximum Gasteiger partial charge on any atom is 0.268 e. The Morgan fingerprint density at radius 3 is 2.95 bits per heavy atom. The van der Waals surface area contributed by atoms with Crippen molar-refractivity contribution in [3.8, 4) is 0 Å². The third-order valence-corrected chi connectivity index (χ3v) is 2.97. The number of nitrogens with two attached hydrogens (primary N) is 1. The summed E-state index contributed by atoms with van der Waals surface area (Å²) in [7, 11) is 0. The number of nitrogen functional groups attached to an aromatic ring is 1. The Hall–Kier alpha value is -2.24. The highest BCUT2D eigenvalue weighted by Gasteiger charge is 2.18. The summed E-state index contributed by atoms with van der Waals surface area (Å²) in [6, 6.07) is 1.39. The van der Waals surface area contributed by atoms with Crippen molar-refractivity contribution in [2.45, 2.75) is 39.8 Å². The highest BCUT2D eigenvalue weighted by atomic mass is 16.4. The largest absolute Gasteiger partial charge is 0.444 e. The van der Waals surface area contributed by atoms with E-state index in [-0.39, 0.29) is 11.9 Å². The summed E-state index contributed by atoms with van der Waals surface area (Å²) in [5.41, 5.74) is 6.90. The smallest absolute Gasteiger partial charge is 0.268 e. The molecular weight excluding hydrogens is 256 g/mol. The molecule has 6 heteroatoms. The van der Waals surface area contributed by atoms with Gasteiger partial charge >= 0.3 is 0 Å². The average Bonchev–Trinajstić information content (AvgIpc) is 2.96. The second-order valence-electron chi connectivity index (χ2n) is 4.86. The molecular formula is C14H20N4O2. The van der Waals surface area contributed by atoms with Crippen molar-refractivity contribution in [1.82, 2.24) is 14.9 Å². The minimum atomic E-state index is -0.289. The molecule has 2 aromatic heterocycles. The third-order valence-electron chi connectivity index (χ3n) is 2.97. The molecule has 1 atom stereocenters. The fraction of sp³-hybridized carbons (Fsp3) is 0.429. The maximum atomic E-state index is 12.3. The zero-order valence-corrected chi connectivity index (χ0v) is 12.0. The van der Waals surface area contributed by atoms with Crippen LogP contribution in [-0.2, 0) is 6.54 Å². The Morgan fingerprint density at radius 1 is 1.60 bits per heavy atom. The van der Waals surface area contributed by atoms with Crippen molar-refractivity contribution in [3.05, 3.63) is 35.8 Å². The molecule has 1 amide bonds. The normalized spacial score (nSPS) is 12.3. The first-order chi connectivity index (χ1) is 9.51. The molecule has 6 nitrogen and oxygen atoms in total. The number of amides is 1. The Labute approximate surface area is 118 Å². The van der Waals surface area contributed by atoms with Crippen LogP contribution in [0.4, 0.5) is 5.69 Å². The van der Waals surface area contributed by atoms with Crippen LogP contribution in [0.25, 0.3) is 0 Å². The van der Waals surface area contributed by atoms with Crippen LogP contribution in [0.2, 0.25) is 0 Å². The molecule has 0 aliphatic rings. The van der Waals surface area contributed by atoms with E-state index in [1.165, 1.54) is 0 Å². The molecule has 0 fully saturated rings. The first kappa shape index (κ1) is 14.2. The minimum absolute atomic E-state index is 0.182. The fourth-order valence-electron chi connectivity index (χ4n) is 2.05. The van der Waals surface area contributed by atoms with Gasteiger partial charge in [-0.05, 0) is 26.3 Å². The topological polar surface area (TPSA) is 86.1 Å². The molecule has 0 saturated carbocycles. The molecule has 108 valence electrons. The van der Waals surface area contributed by atoms with Gasteiger partial charge in [-0.25, -0.2) is 4.98 Å². The summed E-state index contributed by atoms with van der Waals surface area (Å²) in [6.07, 6.45) is 4.34. The standard InChI is InChI=1S/C14H20N4O2/c1-4-5-18-8-11(15)6-12(18)13(19)17-10(3)14-16-7-9(2)20-14/h6-8,10H,4-5,15H2,1-3H3,(H,17,19). The van der Waals surface area contributed by atoms with E-state index in [0.29, 0.717) is 17.3 Å². The van der Waals surface area contributed by atoms with E-state index >= 15 is 0 Å². The van der Waals surface area contributed by atoms with E-state index < -0.39 is 0 Å². The second kappa shape index (κ2) is 5.81. The molecule has 20 heavy (non-hydrogen) atoms. The number of aryl methyl sites for hydroxylation is 2. The quantitative estimate of drug-likeness (QED) is 0.877. The Morgan fingerprint density at radius 2 is 2.35 bits per heavy atom. The SMILES string of the molecule is CCCn1cc(N)cc1C(=O)NC(C)c1ncc(C)o1. The van der Waals surface area contributed by atoms with Crippen molar-refractivity contribution < 1.29 is 9.21 Å². The van der Waals surface area contributed by atoms with E-state index in [0.717, 1.165) is 18.7 Å². The first-order valence-electron chi connectivity index (χ1n) is 6.70. The van der Waals surface area contributed by atoms with Gasteiger partial charge in [-0.2, -0.15) is 0 Å². The highest BCUT2D eigenvalue weighted by Crippen LogP contribution is 2.15. The van der Waals surface area contributed by atoms with Gasteiger partial charge in [0.25, 0.3) is 5.91 Å². The van der Waals surface area contributed by atoms with Crippen LogP contribution in [0.15, 0.2) is 22.9 Å². The third kappa shape index (κ3) is 3.01. The number of anilines is 1. The van der Waals surface area contributed by atoms with Gasteiger partial charge < -0.3 is 20.0 Å². The number of hydrogen-bond acceptors (Lipinski definition) is 4. The maximum absolute atomic E-state index is 12.3. The van der Waals surface area contributed by atoms with Crippen LogP contribution in [0.1, 0.15) is 48.4 Å². The lowest BCUT2D eigenvalue weighted by atomic mass is 10.3. The molecule has 0 saturated heterocycles. The molecule has 2 heterocycles. The van der Waals surface area contributed by atoms with Crippen LogP contribution in [0.5, 0.6) is 0 Å². The van der Waals surface area contributed by atoms with Crippen molar-refractivity contribution in [2.75, 3.05) is 5.73 Å². The minimum Gasteiger partial charge on any atom is -0.444 e. The Balaban J connectivity index is 2.11.